The lowest BCUT2D eigenvalue weighted by molar-refractivity contribution is -0.127. The predicted octanol–water partition coefficient (Wildman–Crippen LogP) is 1.52. The van der Waals surface area contributed by atoms with Crippen molar-refractivity contribution < 1.29 is 19.4 Å². The van der Waals surface area contributed by atoms with E-state index in [0.717, 1.165) is 25.8 Å². The van der Waals surface area contributed by atoms with E-state index in [-0.39, 0.29) is 24.5 Å². The van der Waals surface area contributed by atoms with Gasteiger partial charge in [-0.3, -0.25) is 4.79 Å². The van der Waals surface area contributed by atoms with Gasteiger partial charge in [0.05, 0.1) is 0 Å². The molecule has 1 unspecified atom stereocenters. The van der Waals surface area contributed by atoms with E-state index < -0.39 is 5.60 Å². The minimum Gasteiger partial charge on any atom is -0.444 e. The van der Waals surface area contributed by atoms with Crippen LogP contribution in [0.4, 0.5) is 4.79 Å². The Labute approximate surface area is 126 Å². The van der Waals surface area contributed by atoms with E-state index in [1.54, 1.807) is 0 Å². The molecule has 2 N–H and O–H groups in total. The number of aliphatic hydroxyl groups excluding tert-OH is 1. The van der Waals surface area contributed by atoms with Crippen molar-refractivity contribution >= 4 is 12.0 Å². The van der Waals surface area contributed by atoms with Crippen LogP contribution in [0.2, 0.25) is 0 Å². The lowest BCUT2D eigenvalue weighted by Crippen LogP contribution is -2.33. The molecule has 1 fully saturated rings. The molecule has 21 heavy (non-hydrogen) atoms. The third kappa shape index (κ3) is 7.32. The van der Waals surface area contributed by atoms with E-state index >= 15 is 0 Å². The van der Waals surface area contributed by atoms with Crippen LogP contribution in [-0.2, 0) is 9.53 Å². The molecule has 0 aliphatic carbocycles. The molecule has 0 aromatic rings. The molecule has 122 valence electrons. The molecule has 0 aromatic heterocycles. The van der Waals surface area contributed by atoms with Gasteiger partial charge in [0.15, 0.2) is 0 Å². The van der Waals surface area contributed by atoms with Gasteiger partial charge in [-0.1, -0.05) is 0 Å². The molecular weight excluding hydrogens is 272 g/mol. The summed E-state index contributed by atoms with van der Waals surface area (Å²) in [6, 6.07) is 0. The van der Waals surface area contributed by atoms with Crippen LogP contribution in [0, 0.1) is 5.92 Å². The molecule has 1 aliphatic heterocycles. The number of rotatable bonds is 7. The van der Waals surface area contributed by atoms with Crippen LogP contribution in [0.15, 0.2) is 0 Å². The van der Waals surface area contributed by atoms with Gasteiger partial charge in [-0.05, 0) is 40.0 Å². The Morgan fingerprint density at radius 1 is 1.38 bits per heavy atom. The zero-order valence-electron chi connectivity index (χ0n) is 13.4. The van der Waals surface area contributed by atoms with Gasteiger partial charge in [-0.25, -0.2) is 4.79 Å². The number of amides is 2. The molecule has 0 aromatic carbocycles. The Hall–Kier alpha value is -1.30. The summed E-state index contributed by atoms with van der Waals surface area (Å²) in [7, 11) is 0. The lowest BCUT2D eigenvalue weighted by Gasteiger charge is -2.19. The Balaban J connectivity index is 2.03. The first-order chi connectivity index (χ1) is 9.81. The van der Waals surface area contributed by atoms with Gasteiger partial charge in [0, 0.05) is 38.6 Å². The van der Waals surface area contributed by atoms with Crippen LogP contribution in [0.25, 0.3) is 0 Å². The third-order valence-corrected chi connectivity index (χ3v) is 3.33. The summed E-state index contributed by atoms with van der Waals surface area (Å²) in [4.78, 5) is 24.9. The van der Waals surface area contributed by atoms with Gasteiger partial charge in [0.2, 0.25) is 5.91 Å². The van der Waals surface area contributed by atoms with Gasteiger partial charge >= 0.3 is 6.09 Å². The molecular formula is C15H28N2O4. The van der Waals surface area contributed by atoms with E-state index in [1.165, 1.54) is 0 Å². The summed E-state index contributed by atoms with van der Waals surface area (Å²) in [5, 5.41) is 11.8. The van der Waals surface area contributed by atoms with Crippen molar-refractivity contribution in [3.8, 4) is 0 Å². The molecule has 6 nitrogen and oxygen atoms in total. The molecule has 0 spiro atoms. The highest BCUT2D eigenvalue weighted by atomic mass is 16.6. The fourth-order valence-electron chi connectivity index (χ4n) is 2.30. The molecule has 2 amide bonds. The molecule has 0 saturated carbocycles. The highest BCUT2D eigenvalue weighted by molar-refractivity contribution is 5.78. The Bertz CT molecular complexity index is 352. The second-order valence-corrected chi connectivity index (χ2v) is 6.58. The fourth-order valence-corrected chi connectivity index (χ4v) is 2.30. The molecule has 6 heteroatoms. The Morgan fingerprint density at radius 3 is 2.67 bits per heavy atom. The SMILES string of the molecule is CC(C)(C)OC(=O)NCCCCCN1CC(CO)CC1=O. The maximum atomic E-state index is 11.6. The number of carbonyl (C=O) groups excluding carboxylic acids is 2. The Morgan fingerprint density at radius 2 is 2.10 bits per heavy atom. The topological polar surface area (TPSA) is 78.9 Å². The van der Waals surface area contributed by atoms with E-state index in [9.17, 15) is 9.59 Å². The maximum absolute atomic E-state index is 11.6. The average Bonchev–Trinajstić information content (AvgIpc) is 2.72. The van der Waals surface area contributed by atoms with Crippen molar-refractivity contribution in [1.29, 1.82) is 0 Å². The number of alkyl carbamates (subject to hydrolysis) is 1. The molecule has 1 aliphatic rings. The van der Waals surface area contributed by atoms with Crippen molar-refractivity contribution in [2.45, 2.75) is 52.1 Å². The number of aliphatic hydroxyl groups is 1. The lowest BCUT2D eigenvalue weighted by atomic mass is 10.1. The Kier molecular flexibility index (Phi) is 6.95. The third-order valence-electron chi connectivity index (χ3n) is 3.33. The van der Waals surface area contributed by atoms with E-state index in [4.69, 9.17) is 9.84 Å². The van der Waals surface area contributed by atoms with Crippen molar-refractivity contribution in [3.05, 3.63) is 0 Å². The first-order valence-corrected chi connectivity index (χ1v) is 7.67. The standard InChI is InChI=1S/C15H28N2O4/c1-15(2,3)21-14(20)16-7-5-4-6-8-17-10-12(11-18)9-13(17)19/h12,18H,4-11H2,1-3H3,(H,16,20). The highest BCUT2D eigenvalue weighted by Gasteiger charge is 2.28. The van der Waals surface area contributed by atoms with Gasteiger partial charge in [-0.2, -0.15) is 0 Å². The first-order valence-electron chi connectivity index (χ1n) is 7.67. The average molecular weight is 300 g/mol. The number of unbranched alkanes of at least 4 members (excludes halogenated alkanes) is 2. The summed E-state index contributed by atoms with van der Waals surface area (Å²) < 4.78 is 5.14. The largest absolute Gasteiger partial charge is 0.444 e. The molecule has 1 rings (SSSR count). The highest BCUT2D eigenvalue weighted by Crippen LogP contribution is 2.17. The van der Waals surface area contributed by atoms with E-state index in [0.29, 0.717) is 19.5 Å². The maximum Gasteiger partial charge on any atom is 0.407 e. The second kappa shape index (κ2) is 8.22. The predicted molar refractivity (Wildman–Crippen MR) is 79.9 cm³/mol. The van der Waals surface area contributed by atoms with Crippen LogP contribution in [0.1, 0.15) is 46.5 Å². The normalized spacial score (nSPS) is 19.0. The van der Waals surface area contributed by atoms with Gasteiger partial charge < -0.3 is 20.1 Å². The molecule has 1 saturated heterocycles. The summed E-state index contributed by atoms with van der Waals surface area (Å²) >= 11 is 0. The van der Waals surface area contributed by atoms with E-state index in [1.807, 2.05) is 25.7 Å². The van der Waals surface area contributed by atoms with Crippen LogP contribution in [-0.4, -0.2) is 53.8 Å². The zero-order chi connectivity index (χ0) is 15.9. The summed E-state index contributed by atoms with van der Waals surface area (Å²) in [6.07, 6.45) is 2.81. The van der Waals surface area contributed by atoms with Gasteiger partial charge in [0.1, 0.15) is 5.60 Å². The number of nitrogens with zero attached hydrogens (tertiary/aromatic N) is 1. The van der Waals surface area contributed by atoms with Gasteiger partial charge in [0.25, 0.3) is 0 Å². The summed E-state index contributed by atoms with van der Waals surface area (Å²) in [5.41, 5.74) is -0.469. The first kappa shape index (κ1) is 17.8. The van der Waals surface area contributed by atoms with Crippen LogP contribution < -0.4 is 5.32 Å². The van der Waals surface area contributed by atoms with E-state index in [2.05, 4.69) is 5.32 Å². The molecule has 0 radical (unpaired) electrons. The molecule has 0 bridgehead atoms. The van der Waals surface area contributed by atoms with Crippen molar-refractivity contribution in [1.82, 2.24) is 10.2 Å². The van der Waals surface area contributed by atoms with Crippen molar-refractivity contribution in [3.63, 3.8) is 0 Å². The van der Waals surface area contributed by atoms with Crippen molar-refractivity contribution in [2.24, 2.45) is 5.92 Å². The minimum absolute atomic E-state index is 0.0854. The number of hydrogen-bond acceptors (Lipinski definition) is 4. The number of likely N-dealkylation sites (tertiary alicyclic amines) is 1. The smallest absolute Gasteiger partial charge is 0.407 e. The zero-order valence-corrected chi connectivity index (χ0v) is 13.4. The monoisotopic (exact) mass is 300 g/mol. The summed E-state index contributed by atoms with van der Waals surface area (Å²) in [6.45, 7) is 7.58. The van der Waals surface area contributed by atoms with Gasteiger partial charge in [-0.15, -0.1) is 0 Å². The molecule has 1 atom stereocenters. The minimum atomic E-state index is -0.469. The second-order valence-electron chi connectivity index (χ2n) is 6.58. The number of hydrogen-bond donors (Lipinski definition) is 2. The number of nitrogens with one attached hydrogen (secondary N) is 1. The van der Waals surface area contributed by atoms with Crippen LogP contribution in [0.5, 0.6) is 0 Å². The summed E-state index contributed by atoms with van der Waals surface area (Å²) in [5.74, 6) is 0.243. The molecule has 1 heterocycles. The quantitative estimate of drug-likeness (QED) is 0.699. The fraction of sp³-hybridized carbons (Fsp3) is 0.867. The van der Waals surface area contributed by atoms with Crippen molar-refractivity contribution in [2.75, 3.05) is 26.2 Å². The van der Waals surface area contributed by atoms with Crippen LogP contribution in [0.3, 0.4) is 0 Å². The van der Waals surface area contributed by atoms with Crippen LogP contribution >= 0.6 is 0 Å². The number of ether oxygens (including phenoxy) is 1. The number of carbonyl (C=O) groups is 2.